The van der Waals surface area contributed by atoms with Crippen LogP contribution in [0.25, 0.3) is 0 Å². The normalized spacial score (nSPS) is 22.5. The zero-order chi connectivity index (χ0) is 9.68. The van der Waals surface area contributed by atoms with E-state index in [2.05, 4.69) is 25.1 Å². The SMILES string of the molecule is C#CC(CC)NC(C)C1CCCC1. The summed E-state index contributed by atoms with van der Waals surface area (Å²) in [4.78, 5) is 0. The van der Waals surface area contributed by atoms with E-state index < -0.39 is 0 Å². The van der Waals surface area contributed by atoms with Crippen molar-refractivity contribution in [1.82, 2.24) is 5.32 Å². The topological polar surface area (TPSA) is 12.0 Å². The molecule has 1 saturated carbocycles. The quantitative estimate of drug-likeness (QED) is 0.654. The second kappa shape index (κ2) is 5.29. The van der Waals surface area contributed by atoms with Gasteiger partial charge < -0.3 is 5.32 Å². The van der Waals surface area contributed by atoms with Gasteiger partial charge in [0, 0.05) is 6.04 Å². The van der Waals surface area contributed by atoms with Crippen molar-refractivity contribution in [3.05, 3.63) is 0 Å². The number of nitrogens with one attached hydrogen (secondary N) is 1. The summed E-state index contributed by atoms with van der Waals surface area (Å²) in [6.45, 7) is 4.41. The second-order valence-electron chi connectivity index (χ2n) is 4.13. The third-order valence-corrected chi connectivity index (χ3v) is 3.18. The van der Waals surface area contributed by atoms with Crippen LogP contribution in [0.3, 0.4) is 0 Å². The van der Waals surface area contributed by atoms with Crippen molar-refractivity contribution in [2.75, 3.05) is 0 Å². The van der Waals surface area contributed by atoms with Crippen LogP contribution >= 0.6 is 0 Å². The fourth-order valence-corrected chi connectivity index (χ4v) is 2.19. The first kappa shape index (κ1) is 10.6. The van der Waals surface area contributed by atoms with Crippen molar-refractivity contribution in [3.8, 4) is 12.3 Å². The molecule has 1 aliphatic rings. The Kier molecular flexibility index (Phi) is 4.32. The van der Waals surface area contributed by atoms with Crippen LogP contribution in [0.15, 0.2) is 0 Å². The first-order valence-electron chi connectivity index (χ1n) is 5.50. The molecule has 0 aromatic rings. The summed E-state index contributed by atoms with van der Waals surface area (Å²) in [5.74, 6) is 3.66. The van der Waals surface area contributed by atoms with E-state index in [-0.39, 0.29) is 6.04 Å². The van der Waals surface area contributed by atoms with Crippen molar-refractivity contribution < 1.29 is 0 Å². The Morgan fingerprint density at radius 3 is 2.54 bits per heavy atom. The van der Waals surface area contributed by atoms with Crippen LogP contribution in [-0.4, -0.2) is 12.1 Å². The monoisotopic (exact) mass is 179 g/mol. The molecule has 1 N–H and O–H groups in total. The van der Waals surface area contributed by atoms with Gasteiger partial charge in [0.25, 0.3) is 0 Å². The number of hydrogen-bond donors (Lipinski definition) is 1. The molecule has 0 aliphatic heterocycles. The van der Waals surface area contributed by atoms with Crippen molar-refractivity contribution in [2.45, 2.75) is 58.0 Å². The number of rotatable bonds is 4. The molecule has 0 heterocycles. The van der Waals surface area contributed by atoms with Gasteiger partial charge in [-0.25, -0.2) is 0 Å². The van der Waals surface area contributed by atoms with Crippen LogP contribution in [-0.2, 0) is 0 Å². The summed E-state index contributed by atoms with van der Waals surface area (Å²) in [6.07, 6.45) is 12.0. The van der Waals surface area contributed by atoms with E-state index in [0.29, 0.717) is 6.04 Å². The molecule has 2 atom stereocenters. The lowest BCUT2D eigenvalue weighted by Crippen LogP contribution is -2.39. The highest BCUT2D eigenvalue weighted by molar-refractivity contribution is 4.99. The molecule has 1 fully saturated rings. The van der Waals surface area contributed by atoms with E-state index in [4.69, 9.17) is 6.42 Å². The van der Waals surface area contributed by atoms with Gasteiger partial charge in [-0.05, 0) is 32.1 Å². The summed E-state index contributed by atoms with van der Waals surface area (Å²) in [6, 6.07) is 0.874. The highest BCUT2D eigenvalue weighted by Crippen LogP contribution is 2.27. The molecule has 0 spiro atoms. The molecule has 0 bridgehead atoms. The molecule has 0 aromatic carbocycles. The Bertz CT molecular complexity index is 174. The summed E-state index contributed by atoms with van der Waals surface area (Å²) in [7, 11) is 0. The van der Waals surface area contributed by atoms with Gasteiger partial charge >= 0.3 is 0 Å². The molecule has 0 aromatic heterocycles. The maximum atomic E-state index is 5.42. The minimum atomic E-state index is 0.274. The predicted octanol–water partition coefficient (Wildman–Crippen LogP) is 2.57. The van der Waals surface area contributed by atoms with Crippen LogP contribution in [0.4, 0.5) is 0 Å². The van der Waals surface area contributed by atoms with Gasteiger partial charge in [-0.1, -0.05) is 25.7 Å². The van der Waals surface area contributed by atoms with Gasteiger partial charge in [0.05, 0.1) is 6.04 Å². The third kappa shape index (κ3) is 3.04. The maximum absolute atomic E-state index is 5.42. The number of hydrogen-bond acceptors (Lipinski definition) is 1. The van der Waals surface area contributed by atoms with Gasteiger partial charge in [-0.15, -0.1) is 6.42 Å². The summed E-state index contributed by atoms with van der Waals surface area (Å²) in [5.41, 5.74) is 0. The van der Waals surface area contributed by atoms with E-state index in [1.165, 1.54) is 25.7 Å². The zero-order valence-corrected chi connectivity index (χ0v) is 8.84. The largest absolute Gasteiger partial charge is 0.301 e. The lowest BCUT2D eigenvalue weighted by Gasteiger charge is -2.23. The fraction of sp³-hybridized carbons (Fsp3) is 0.833. The first-order valence-corrected chi connectivity index (χ1v) is 5.50. The van der Waals surface area contributed by atoms with Gasteiger partial charge in [0.1, 0.15) is 0 Å². The van der Waals surface area contributed by atoms with Crippen molar-refractivity contribution in [2.24, 2.45) is 5.92 Å². The Morgan fingerprint density at radius 1 is 1.46 bits per heavy atom. The first-order chi connectivity index (χ1) is 6.27. The molecule has 0 amide bonds. The number of terminal acetylenes is 1. The van der Waals surface area contributed by atoms with Crippen molar-refractivity contribution >= 4 is 0 Å². The standard InChI is InChI=1S/C12H21N/c1-4-12(5-2)13-10(3)11-8-6-7-9-11/h1,10-13H,5-9H2,2-3H3. The smallest absolute Gasteiger partial charge is 0.0686 e. The van der Waals surface area contributed by atoms with Crippen LogP contribution in [0.2, 0.25) is 0 Å². The van der Waals surface area contributed by atoms with Gasteiger partial charge in [-0.2, -0.15) is 0 Å². The summed E-state index contributed by atoms with van der Waals surface area (Å²) < 4.78 is 0. The lowest BCUT2D eigenvalue weighted by atomic mass is 9.99. The Morgan fingerprint density at radius 2 is 2.08 bits per heavy atom. The molecule has 1 aliphatic carbocycles. The van der Waals surface area contributed by atoms with E-state index >= 15 is 0 Å². The maximum Gasteiger partial charge on any atom is 0.0686 e. The molecule has 0 saturated heterocycles. The molecule has 1 heteroatoms. The minimum Gasteiger partial charge on any atom is -0.301 e. The average Bonchev–Trinajstić information content (AvgIpc) is 2.66. The van der Waals surface area contributed by atoms with E-state index in [1.54, 1.807) is 0 Å². The average molecular weight is 179 g/mol. The fourth-order valence-electron chi connectivity index (χ4n) is 2.19. The lowest BCUT2D eigenvalue weighted by molar-refractivity contribution is 0.362. The highest BCUT2D eigenvalue weighted by Gasteiger charge is 2.22. The molecular formula is C12H21N. The Balaban J connectivity index is 2.30. The van der Waals surface area contributed by atoms with Crippen LogP contribution in [0.5, 0.6) is 0 Å². The molecular weight excluding hydrogens is 158 g/mol. The van der Waals surface area contributed by atoms with Crippen molar-refractivity contribution in [3.63, 3.8) is 0 Å². The van der Waals surface area contributed by atoms with Gasteiger partial charge in [0.2, 0.25) is 0 Å². The molecule has 1 rings (SSSR count). The highest BCUT2D eigenvalue weighted by atomic mass is 14.9. The Hall–Kier alpha value is -0.480. The molecule has 1 nitrogen and oxygen atoms in total. The van der Waals surface area contributed by atoms with Gasteiger partial charge in [-0.3, -0.25) is 0 Å². The third-order valence-electron chi connectivity index (χ3n) is 3.18. The zero-order valence-electron chi connectivity index (χ0n) is 8.84. The summed E-state index contributed by atoms with van der Waals surface area (Å²) >= 11 is 0. The van der Waals surface area contributed by atoms with Crippen LogP contribution < -0.4 is 5.32 Å². The molecule has 74 valence electrons. The van der Waals surface area contributed by atoms with Crippen LogP contribution in [0, 0.1) is 18.3 Å². The summed E-state index contributed by atoms with van der Waals surface area (Å²) in [5, 5.41) is 3.52. The molecule has 2 unspecified atom stereocenters. The van der Waals surface area contributed by atoms with E-state index in [0.717, 1.165) is 12.3 Å². The minimum absolute atomic E-state index is 0.274. The molecule has 0 radical (unpaired) electrons. The van der Waals surface area contributed by atoms with Gasteiger partial charge in [0.15, 0.2) is 0 Å². The molecule has 13 heavy (non-hydrogen) atoms. The van der Waals surface area contributed by atoms with Crippen molar-refractivity contribution in [1.29, 1.82) is 0 Å². The van der Waals surface area contributed by atoms with Crippen LogP contribution in [0.1, 0.15) is 46.0 Å². The predicted molar refractivity (Wildman–Crippen MR) is 57.5 cm³/mol. The Labute approximate surface area is 82.3 Å². The van der Waals surface area contributed by atoms with E-state index in [9.17, 15) is 0 Å². The second-order valence-corrected chi connectivity index (χ2v) is 4.13. The van der Waals surface area contributed by atoms with E-state index in [1.807, 2.05) is 0 Å².